The number of aryl methyl sites for hydroxylation is 1. The Hall–Kier alpha value is -3.36. The van der Waals surface area contributed by atoms with Gasteiger partial charge in [0.25, 0.3) is 5.91 Å². The maximum atomic E-state index is 15.2. The van der Waals surface area contributed by atoms with Gasteiger partial charge in [0, 0.05) is 18.0 Å². The van der Waals surface area contributed by atoms with Crippen molar-refractivity contribution in [3.63, 3.8) is 0 Å². The van der Waals surface area contributed by atoms with Crippen LogP contribution in [0.15, 0.2) is 47.2 Å². The second-order valence-electron chi connectivity index (χ2n) is 7.79. The van der Waals surface area contributed by atoms with Crippen molar-refractivity contribution >= 4 is 51.1 Å². The fraction of sp³-hybridized carbons (Fsp3) is 0.182. The van der Waals surface area contributed by atoms with Crippen LogP contribution in [0.5, 0.6) is 23.0 Å². The molecule has 0 saturated heterocycles. The number of pyridine rings is 1. The van der Waals surface area contributed by atoms with E-state index in [0.717, 1.165) is 12.1 Å². The Morgan fingerprint density at radius 3 is 2.18 bits per heavy atom. The third-order valence-electron chi connectivity index (χ3n) is 4.61. The number of amides is 1. The summed E-state index contributed by atoms with van der Waals surface area (Å²) in [5.41, 5.74) is -2.54. The standard InChI is InChI=1S/C22H11B3BrF7N2O4/c1-9-8-34-16(26)7-12(9)35-19(36)17-14(5-3-11(18(17)27)20(28,29)30)37-13-4-2-10(38-22(31,32)33)6-15(13)39-21(23,24)25/h2-8H,1H3,(H,34,35,36). The van der Waals surface area contributed by atoms with Crippen LogP contribution in [0.3, 0.4) is 0 Å². The lowest BCUT2D eigenvalue weighted by atomic mass is 9.52. The van der Waals surface area contributed by atoms with E-state index in [0.29, 0.717) is 23.8 Å². The van der Waals surface area contributed by atoms with Crippen molar-refractivity contribution in [1.82, 2.24) is 4.98 Å². The molecular weight excluding hydrogens is 602 g/mol. The van der Waals surface area contributed by atoms with Crippen molar-refractivity contribution in [2.45, 2.75) is 24.8 Å². The minimum absolute atomic E-state index is 0.0708. The summed E-state index contributed by atoms with van der Waals surface area (Å²) < 4.78 is 108. The molecule has 2 aromatic carbocycles. The van der Waals surface area contributed by atoms with Crippen LogP contribution in [0, 0.1) is 12.7 Å². The zero-order valence-electron chi connectivity index (χ0n) is 19.4. The van der Waals surface area contributed by atoms with Crippen molar-refractivity contribution < 1.29 is 49.7 Å². The minimum Gasteiger partial charge on any atom is -0.512 e. The van der Waals surface area contributed by atoms with Crippen LogP contribution in [0.1, 0.15) is 21.5 Å². The molecule has 0 saturated carbocycles. The van der Waals surface area contributed by atoms with E-state index < -0.39 is 63.7 Å². The number of halogens is 8. The second-order valence-corrected chi connectivity index (χ2v) is 8.60. The molecule has 3 aromatic rings. The summed E-state index contributed by atoms with van der Waals surface area (Å²) in [5.74, 6) is -6.23. The van der Waals surface area contributed by atoms with Gasteiger partial charge in [-0.05, 0) is 64.0 Å². The van der Waals surface area contributed by atoms with Crippen molar-refractivity contribution in [3.8, 4) is 23.0 Å². The van der Waals surface area contributed by atoms with Gasteiger partial charge in [0.1, 0.15) is 45.2 Å². The predicted octanol–water partition coefficient (Wildman–Crippen LogP) is 5.75. The van der Waals surface area contributed by atoms with Gasteiger partial charge in [0.05, 0.1) is 5.56 Å². The molecule has 1 amide bonds. The molecule has 1 aromatic heterocycles. The van der Waals surface area contributed by atoms with Gasteiger partial charge in [-0.15, -0.1) is 13.2 Å². The van der Waals surface area contributed by atoms with E-state index in [1.165, 1.54) is 19.2 Å². The molecule has 0 fully saturated rings. The summed E-state index contributed by atoms with van der Waals surface area (Å²) in [6.45, 7) is 1.52. The molecule has 0 aliphatic carbocycles. The number of anilines is 1. The van der Waals surface area contributed by atoms with Crippen molar-refractivity contribution in [1.29, 1.82) is 0 Å². The van der Waals surface area contributed by atoms with Crippen LogP contribution in [-0.2, 0) is 6.18 Å². The third kappa shape index (κ3) is 8.07. The number of ether oxygens (including phenoxy) is 3. The third-order valence-corrected chi connectivity index (χ3v) is 5.04. The Kier molecular flexibility index (Phi) is 8.53. The molecular formula is C22H11B3BrF7N2O4. The molecule has 17 heteroatoms. The number of carbonyl (C=O) groups is 1. The van der Waals surface area contributed by atoms with Crippen LogP contribution in [0.4, 0.5) is 36.4 Å². The smallest absolute Gasteiger partial charge is 0.512 e. The highest BCUT2D eigenvalue weighted by atomic mass is 79.9. The van der Waals surface area contributed by atoms with Crippen molar-refractivity contribution in [2.24, 2.45) is 0 Å². The molecule has 198 valence electrons. The molecule has 3 rings (SSSR count). The molecule has 6 radical (unpaired) electrons. The molecule has 0 spiro atoms. The molecule has 0 aliphatic heterocycles. The predicted molar refractivity (Wildman–Crippen MR) is 130 cm³/mol. The number of nitrogens with zero attached hydrogens (tertiary/aromatic N) is 1. The highest BCUT2D eigenvalue weighted by molar-refractivity contribution is 9.10. The van der Waals surface area contributed by atoms with Gasteiger partial charge in [-0.2, -0.15) is 13.2 Å². The van der Waals surface area contributed by atoms with E-state index in [4.69, 9.17) is 33.0 Å². The van der Waals surface area contributed by atoms with Crippen LogP contribution < -0.4 is 19.5 Å². The number of aromatic nitrogens is 1. The molecule has 1 heterocycles. The average Bonchev–Trinajstić information content (AvgIpc) is 2.75. The summed E-state index contributed by atoms with van der Waals surface area (Å²) in [5, 5.41) is -0.211. The van der Waals surface area contributed by atoms with Gasteiger partial charge in [-0.3, -0.25) is 4.79 Å². The normalized spacial score (nSPS) is 12.1. The molecule has 0 unspecified atom stereocenters. The average molecular weight is 613 g/mol. The van der Waals surface area contributed by atoms with E-state index in [1.54, 1.807) is 0 Å². The Bertz CT molecular complexity index is 1400. The highest BCUT2D eigenvalue weighted by Crippen LogP contribution is 2.41. The molecule has 0 bridgehead atoms. The fourth-order valence-corrected chi connectivity index (χ4v) is 3.38. The summed E-state index contributed by atoms with van der Waals surface area (Å²) in [6.07, 6.45) is -8.99. The van der Waals surface area contributed by atoms with Crippen molar-refractivity contribution in [2.75, 3.05) is 5.32 Å². The number of alkyl halides is 6. The summed E-state index contributed by atoms with van der Waals surface area (Å²) in [6, 6.07) is 4.38. The lowest BCUT2D eigenvalue weighted by Gasteiger charge is -2.25. The van der Waals surface area contributed by atoms with Gasteiger partial charge in [0.15, 0.2) is 17.3 Å². The Labute approximate surface area is 228 Å². The van der Waals surface area contributed by atoms with E-state index in [9.17, 15) is 31.1 Å². The topological polar surface area (TPSA) is 69.7 Å². The quantitative estimate of drug-likeness (QED) is 0.209. The highest BCUT2D eigenvalue weighted by Gasteiger charge is 2.38. The van der Waals surface area contributed by atoms with E-state index in [1.807, 2.05) is 0 Å². The number of carbonyl (C=O) groups excluding carboxylic acids is 1. The van der Waals surface area contributed by atoms with Crippen LogP contribution in [0.25, 0.3) is 0 Å². The van der Waals surface area contributed by atoms with Gasteiger partial charge in [-0.1, -0.05) is 0 Å². The number of hydrogen-bond donors (Lipinski definition) is 1. The molecule has 1 N–H and O–H groups in total. The van der Waals surface area contributed by atoms with Gasteiger partial charge in [0.2, 0.25) is 0 Å². The van der Waals surface area contributed by atoms with E-state index in [-0.39, 0.29) is 10.3 Å². The number of nitrogens with one attached hydrogen (secondary N) is 1. The molecule has 6 nitrogen and oxygen atoms in total. The van der Waals surface area contributed by atoms with Crippen LogP contribution in [0.2, 0.25) is 0 Å². The minimum atomic E-state index is -5.20. The Morgan fingerprint density at radius 1 is 0.949 bits per heavy atom. The van der Waals surface area contributed by atoms with Crippen LogP contribution >= 0.6 is 15.9 Å². The zero-order chi connectivity index (χ0) is 29.3. The number of hydrogen-bond acceptors (Lipinski definition) is 5. The first-order chi connectivity index (χ1) is 17.8. The van der Waals surface area contributed by atoms with Gasteiger partial charge >= 0.3 is 12.5 Å². The van der Waals surface area contributed by atoms with Gasteiger partial charge in [-0.25, -0.2) is 9.37 Å². The maximum absolute atomic E-state index is 15.2. The summed E-state index contributed by atoms with van der Waals surface area (Å²) in [4.78, 5) is 17.0. The first-order valence-corrected chi connectivity index (χ1v) is 11.1. The first-order valence-electron chi connectivity index (χ1n) is 10.3. The zero-order valence-corrected chi connectivity index (χ0v) is 21.0. The monoisotopic (exact) mass is 612 g/mol. The molecule has 0 atom stereocenters. The summed E-state index contributed by atoms with van der Waals surface area (Å²) in [7, 11) is 16.0. The van der Waals surface area contributed by atoms with Crippen molar-refractivity contribution in [3.05, 3.63) is 69.7 Å². The lowest BCUT2D eigenvalue weighted by Crippen LogP contribution is -2.37. The molecule has 39 heavy (non-hydrogen) atoms. The van der Waals surface area contributed by atoms with E-state index in [2.05, 4.69) is 31.0 Å². The lowest BCUT2D eigenvalue weighted by molar-refractivity contribution is -0.274. The summed E-state index contributed by atoms with van der Waals surface area (Å²) >= 11 is 3.07. The number of benzene rings is 2. The first kappa shape index (κ1) is 30.2. The van der Waals surface area contributed by atoms with Gasteiger partial charge < -0.3 is 19.5 Å². The fourth-order valence-electron chi connectivity index (χ4n) is 3.05. The SMILES string of the molecule is [B]C([B])([B])Oc1cc(OC(F)(F)F)ccc1Oc1ccc(C(F)(F)F)c(F)c1C(=O)Nc1cc(Br)ncc1C. The Morgan fingerprint density at radius 2 is 1.59 bits per heavy atom. The Balaban J connectivity index is 2.13. The molecule has 0 aliphatic rings. The van der Waals surface area contributed by atoms with E-state index >= 15 is 4.39 Å². The number of rotatable bonds is 7. The maximum Gasteiger partial charge on any atom is 0.573 e. The van der Waals surface area contributed by atoms with Crippen LogP contribution in [-0.4, -0.2) is 46.1 Å². The second kappa shape index (κ2) is 11.0. The largest absolute Gasteiger partial charge is 0.573 e.